The standard InChI is InChI=1S/C22H27NO3/c1-25-21-9-6-7-18(15-21)11-12-19-8-2-3-10-22(19)26-17-20(24)16-23-13-4-5-14-23/h2-10,15,20,24H,11-14,16-17H2,1H3/t20-/m1/s1. The van der Waals surface area contributed by atoms with Gasteiger partial charge in [-0.25, -0.2) is 0 Å². The van der Waals surface area contributed by atoms with Gasteiger partial charge in [0.25, 0.3) is 0 Å². The Labute approximate surface area is 155 Å². The molecule has 1 aliphatic heterocycles. The predicted molar refractivity (Wildman–Crippen MR) is 104 cm³/mol. The van der Waals surface area contributed by atoms with E-state index in [0.29, 0.717) is 13.2 Å². The highest BCUT2D eigenvalue weighted by molar-refractivity contribution is 5.35. The van der Waals surface area contributed by atoms with E-state index in [1.165, 1.54) is 5.56 Å². The molecule has 1 N–H and O–H groups in total. The topological polar surface area (TPSA) is 41.9 Å². The van der Waals surface area contributed by atoms with Crippen LogP contribution < -0.4 is 9.47 Å². The van der Waals surface area contributed by atoms with Crippen molar-refractivity contribution < 1.29 is 14.6 Å². The van der Waals surface area contributed by atoms with Crippen LogP contribution in [0, 0.1) is 0 Å². The first kappa shape index (κ1) is 18.5. The summed E-state index contributed by atoms with van der Waals surface area (Å²) in [7, 11) is 1.69. The molecule has 138 valence electrons. The molecule has 26 heavy (non-hydrogen) atoms. The van der Waals surface area contributed by atoms with E-state index in [1.54, 1.807) is 7.11 Å². The third kappa shape index (κ3) is 5.35. The summed E-state index contributed by atoms with van der Waals surface area (Å²) in [5.41, 5.74) is 2.39. The molecule has 0 bridgehead atoms. The van der Waals surface area contributed by atoms with Gasteiger partial charge in [-0.1, -0.05) is 42.5 Å². The SMILES string of the molecule is COc1cccc(CCc2ccccc2OC[C@H](O)CN2CC=CC2)c1. The number of hydrogen-bond acceptors (Lipinski definition) is 4. The van der Waals surface area contributed by atoms with Gasteiger partial charge in [0.05, 0.1) is 7.11 Å². The number of para-hydroxylation sites is 1. The van der Waals surface area contributed by atoms with Crippen LogP contribution >= 0.6 is 0 Å². The fourth-order valence-electron chi connectivity index (χ4n) is 3.17. The van der Waals surface area contributed by atoms with Gasteiger partial charge in [0.2, 0.25) is 0 Å². The quantitative estimate of drug-likeness (QED) is 0.704. The van der Waals surface area contributed by atoms with Gasteiger partial charge < -0.3 is 14.6 Å². The van der Waals surface area contributed by atoms with Gasteiger partial charge in [-0.05, 0) is 42.2 Å². The number of hydrogen-bond donors (Lipinski definition) is 1. The number of ether oxygens (including phenoxy) is 2. The van der Waals surface area contributed by atoms with Gasteiger partial charge in [-0.2, -0.15) is 0 Å². The number of methoxy groups -OCH3 is 1. The Morgan fingerprint density at radius 2 is 1.85 bits per heavy atom. The van der Waals surface area contributed by atoms with E-state index in [4.69, 9.17) is 9.47 Å². The van der Waals surface area contributed by atoms with Crippen molar-refractivity contribution in [2.45, 2.75) is 18.9 Å². The Morgan fingerprint density at radius 1 is 1.04 bits per heavy atom. The summed E-state index contributed by atoms with van der Waals surface area (Å²) in [6.07, 6.45) is 5.57. The highest BCUT2D eigenvalue weighted by Gasteiger charge is 2.14. The monoisotopic (exact) mass is 353 g/mol. The first-order chi connectivity index (χ1) is 12.7. The summed E-state index contributed by atoms with van der Waals surface area (Å²) in [6, 6.07) is 16.2. The summed E-state index contributed by atoms with van der Waals surface area (Å²) >= 11 is 0. The minimum absolute atomic E-state index is 0.312. The number of aryl methyl sites for hydroxylation is 2. The first-order valence-corrected chi connectivity index (χ1v) is 9.13. The lowest BCUT2D eigenvalue weighted by atomic mass is 10.0. The van der Waals surface area contributed by atoms with Crippen molar-refractivity contribution >= 4 is 0 Å². The molecule has 0 aromatic heterocycles. The molecular weight excluding hydrogens is 326 g/mol. The van der Waals surface area contributed by atoms with Crippen molar-refractivity contribution in [3.05, 3.63) is 71.8 Å². The molecule has 0 aliphatic carbocycles. The minimum atomic E-state index is -0.485. The molecule has 1 heterocycles. The van der Waals surface area contributed by atoms with Gasteiger partial charge in [0, 0.05) is 19.6 Å². The van der Waals surface area contributed by atoms with Crippen molar-refractivity contribution in [2.24, 2.45) is 0 Å². The Bertz CT molecular complexity index is 721. The molecule has 0 unspecified atom stereocenters. The van der Waals surface area contributed by atoms with Crippen LogP contribution in [0.15, 0.2) is 60.7 Å². The molecule has 0 fully saturated rings. The van der Waals surface area contributed by atoms with Crippen LogP contribution in [0.5, 0.6) is 11.5 Å². The molecule has 0 amide bonds. The fraction of sp³-hybridized carbons (Fsp3) is 0.364. The van der Waals surface area contributed by atoms with E-state index in [-0.39, 0.29) is 0 Å². The number of aliphatic hydroxyl groups is 1. The highest BCUT2D eigenvalue weighted by Crippen LogP contribution is 2.21. The second kappa shape index (κ2) is 9.41. The molecule has 4 nitrogen and oxygen atoms in total. The maximum absolute atomic E-state index is 10.2. The Balaban J connectivity index is 1.53. The molecule has 4 heteroatoms. The van der Waals surface area contributed by atoms with Gasteiger partial charge in [-0.15, -0.1) is 0 Å². The number of β-amino-alcohol motifs (C(OH)–C–C–N with tert-alkyl or cyclic N) is 1. The van der Waals surface area contributed by atoms with Gasteiger partial charge in [-0.3, -0.25) is 4.90 Å². The van der Waals surface area contributed by atoms with Gasteiger partial charge in [0.15, 0.2) is 0 Å². The molecule has 2 aromatic carbocycles. The lowest BCUT2D eigenvalue weighted by Gasteiger charge is -2.20. The Kier molecular flexibility index (Phi) is 6.69. The summed E-state index contributed by atoms with van der Waals surface area (Å²) in [4.78, 5) is 2.20. The van der Waals surface area contributed by atoms with Crippen LogP contribution in [-0.2, 0) is 12.8 Å². The normalized spacial score (nSPS) is 15.2. The third-order valence-corrected chi connectivity index (χ3v) is 4.58. The van der Waals surface area contributed by atoms with Crippen molar-refractivity contribution in [1.82, 2.24) is 4.90 Å². The zero-order valence-corrected chi connectivity index (χ0v) is 15.3. The van der Waals surface area contributed by atoms with E-state index in [1.807, 2.05) is 30.3 Å². The van der Waals surface area contributed by atoms with Crippen molar-refractivity contribution in [3.63, 3.8) is 0 Å². The molecule has 0 spiro atoms. The summed E-state index contributed by atoms with van der Waals surface area (Å²) in [5, 5.41) is 10.2. The van der Waals surface area contributed by atoms with Crippen LogP contribution in [0.3, 0.4) is 0 Å². The molecule has 0 radical (unpaired) electrons. The van der Waals surface area contributed by atoms with Crippen LogP contribution in [0.4, 0.5) is 0 Å². The van der Waals surface area contributed by atoms with Crippen molar-refractivity contribution in [2.75, 3.05) is 33.4 Å². The fourth-order valence-corrected chi connectivity index (χ4v) is 3.17. The number of benzene rings is 2. The summed E-state index contributed by atoms with van der Waals surface area (Å²) < 4.78 is 11.2. The van der Waals surface area contributed by atoms with Crippen molar-refractivity contribution in [3.8, 4) is 11.5 Å². The van der Waals surface area contributed by atoms with E-state index in [9.17, 15) is 5.11 Å². The largest absolute Gasteiger partial charge is 0.497 e. The van der Waals surface area contributed by atoms with Crippen molar-refractivity contribution in [1.29, 1.82) is 0 Å². The lowest BCUT2D eigenvalue weighted by molar-refractivity contribution is 0.0770. The van der Waals surface area contributed by atoms with E-state index >= 15 is 0 Å². The first-order valence-electron chi connectivity index (χ1n) is 9.13. The third-order valence-electron chi connectivity index (χ3n) is 4.58. The molecule has 3 rings (SSSR count). The zero-order chi connectivity index (χ0) is 18.2. The van der Waals surface area contributed by atoms with Crippen LogP contribution in [0.1, 0.15) is 11.1 Å². The Hall–Kier alpha value is -2.30. The van der Waals surface area contributed by atoms with Crippen LogP contribution in [0.25, 0.3) is 0 Å². The molecule has 1 aliphatic rings. The van der Waals surface area contributed by atoms with Crippen LogP contribution in [0.2, 0.25) is 0 Å². The number of rotatable bonds is 9. The predicted octanol–water partition coefficient (Wildman–Crippen LogP) is 3.09. The second-order valence-corrected chi connectivity index (χ2v) is 6.61. The smallest absolute Gasteiger partial charge is 0.122 e. The maximum Gasteiger partial charge on any atom is 0.122 e. The molecule has 0 saturated heterocycles. The zero-order valence-electron chi connectivity index (χ0n) is 15.3. The highest BCUT2D eigenvalue weighted by atomic mass is 16.5. The van der Waals surface area contributed by atoms with E-state index < -0.39 is 6.10 Å². The average molecular weight is 353 g/mol. The second-order valence-electron chi connectivity index (χ2n) is 6.61. The van der Waals surface area contributed by atoms with E-state index in [0.717, 1.165) is 43.0 Å². The minimum Gasteiger partial charge on any atom is -0.497 e. The average Bonchev–Trinajstić information content (AvgIpc) is 3.18. The molecule has 1 atom stereocenters. The summed E-state index contributed by atoms with van der Waals surface area (Å²) in [5.74, 6) is 1.74. The summed E-state index contributed by atoms with van der Waals surface area (Å²) in [6.45, 7) is 2.77. The van der Waals surface area contributed by atoms with Crippen LogP contribution in [-0.4, -0.2) is 49.5 Å². The lowest BCUT2D eigenvalue weighted by Crippen LogP contribution is -2.34. The molecule has 2 aromatic rings. The molecule has 0 saturated carbocycles. The van der Waals surface area contributed by atoms with Gasteiger partial charge in [0.1, 0.15) is 24.2 Å². The Morgan fingerprint density at radius 3 is 2.65 bits per heavy atom. The van der Waals surface area contributed by atoms with E-state index in [2.05, 4.69) is 35.3 Å². The number of aliphatic hydroxyl groups excluding tert-OH is 1. The maximum atomic E-state index is 10.2. The van der Waals surface area contributed by atoms with Gasteiger partial charge >= 0.3 is 0 Å². The number of nitrogens with zero attached hydrogens (tertiary/aromatic N) is 1. The molecular formula is C22H27NO3.